The normalized spacial score (nSPS) is 25.6. The van der Waals surface area contributed by atoms with Gasteiger partial charge in [0, 0.05) is 37.1 Å². The number of nitrogens with one attached hydrogen (secondary N) is 1. The summed E-state index contributed by atoms with van der Waals surface area (Å²) >= 11 is 0. The minimum Gasteiger partial charge on any atom is -0.309 e. The van der Waals surface area contributed by atoms with Crippen molar-refractivity contribution in [2.45, 2.75) is 38.9 Å². The van der Waals surface area contributed by atoms with Crippen molar-refractivity contribution in [2.75, 3.05) is 13.1 Å². The summed E-state index contributed by atoms with van der Waals surface area (Å²) in [6, 6.07) is 2.39. The summed E-state index contributed by atoms with van der Waals surface area (Å²) in [5.41, 5.74) is 0.182. The van der Waals surface area contributed by atoms with Gasteiger partial charge in [0.1, 0.15) is 5.82 Å². The van der Waals surface area contributed by atoms with Gasteiger partial charge in [-0.15, -0.1) is 0 Å². The van der Waals surface area contributed by atoms with Crippen LogP contribution in [0.25, 0.3) is 0 Å². The number of aromatic nitrogens is 2. The predicted molar refractivity (Wildman–Crippen MR) is 64.0 cm³/mol. The molecular formula is C12H20N4. The van der Waals surface area contributed by atoms with Crippen LogP contribution in [0.15, 0.2) is 18.5 Å². The van der Waals surface area contributed by atoms with Crippen molar-refractivity contribution in [1.82, 2.24) is 20.2 Å². The molecular weight excluding hydrogens is 200 g/mol. The molecule has 1 unspecified atom stereocenters. The quantitative estimate of drug-likeness (QED) is 0.809. The molecule has 1 saturated heterocycles. The van der Waals surface area contributed by atoms with E-state index in [4.69, 9.17) is 0 Å². The van der Waals surface area contributed by atoms with Crippen molar-refractivity contribution in [2.24, 2.45) is 0 Å². The second-order valence-corrected chi connectivity index (χ2v) is 5.18. The van der Waals surface area contributed by atoms with Crippen LogP contribution in [0.3, 0.4) is 0 Å². The monoisotopic (exact) mass is 220 g/mol. The van der Waals surface area contributed by atoms with Crippen LogP contribution in [0, 0.1) is 0 Å². The molecule has 2 heterocycles. The summed E-state index contributed by atoms with van der Waals surface area (Å²) < 4.78 is 0. The number of piperazine rings is 1. The first-order valence-corrected chi connectivity index (χ1v) is 5.82. The van der Waals surface area contributed by atoms with E-state index in [1.165, 1.54) is 0 Å². The zero-order chi connectivity index (χ0) is 11.6. The summed E-state index contributed by atoms with van der Waals surface area (Å²) in [6.07, 6.45) is 3.61. The second kappa shape index (κ2) is 4.47. The molecule has 88 valence electrons. The van der Waals surface area contributed by atoms with Crippen molar-refractivity contribution in [3.63, 3.8) is 0 Å². The van der Waals surface area contributed by atoms with Crippen molar-refractivity contribution < 1.29 is 0 Å². The highest BCUT2D eigenvalue weighted by Crippen LogP contribution is 2.16. The number of hydrogen-bond acceptors (Lipinski definition) is 4. The zero-order valence-corrected chi connectivity index (χ0v) is 10.3. The van der Waals surface area contributed by atoms with Gasteiger partial charge < -0.3 is 5.32 Å². The fourth-order valence-electron chi connectivity index (χ4n) is 2.08. The lowest BCUT2D eigenvalue weighted by Gasteiger charge is -2.43. The molecule has 0 amide bonds. The Hall–Kier alpha value is -1.00. The highest BCUT2D eigenvalue weighted by atomic mass is 15.3. The molecule has 1 aliphatic heterocycles. The fourth-order valence-corrected chi connectivity index (χ4v) is 2.08. The average Bonchev–Trinajstić information content (AvgIpc) is 2.25. The number of rotatable bonds is 2. The Morgan fingerprint density at radius 1 is 1.44 bits per heavy atom. The molecule has 1 fully saturated rings. The van der Waals surface area contributed by atoms with E-state index in [0.717, 1.165) is 25.5 Å². The van der Waals surface area contributed by atoms with Gasteiger partial charge in [-0.2, -0.15) is 0 Å². The van der Waals surface area contributed by atoms with Gasteiger partial charge in [0.2, 0.25) is 0 Å². The third-order valence-electron chi connectivity index (χ3n) is 3.06. The van der Waals surface area contributed by atoms with Crippen molar-refractivity contribution in [3.05, 3.63) is 24.3 Å². The second-order valence-electron chi connectivity index (χ2n) is 5.18. The van der Waals surface area contributed by atoms with Gasteiger partial charge in [0.05, 0.1) is 6.54 Å². The summed E-state index contributed by atoms with van der Waals surface area (Å²) in [5, 5.41) is 3.54. The molecule has 0 radical (unpaired) electrons. The smallest absolute Gasteiger partial charge is 0.142 e. The molecule has 0 aromatic carbocycles. The van der Waals surface area contributed by atoms with E-state index >= 15 is 0 Å². The lowest BCUT2D eigenvalue weighted by atomic mass is 9.99. The molecule has 0 bridgehead atoms. The Morgan fingerprint density at radius 2 is 2.12 bits per heavy atom. The molecule has 1 atom stereocenters. The van der Waals surface area contributed by atoms with E-state index in [9.17, 15) is 0 Å². The van der Waals surface area contributed by atoms with Gasteiger partial charge in [0.25, 0.3) is 0 Å². The van der Waals surface area contributed by atoms with Crippen LogP contribution in [0.1, 0.15) is 26.6 Å². The zero-order valence-electron chi connectivity index (χ0n) is 10.3. The molecule has 2 rings (SSSR count). The largest absolute Gasteiger partial charge is 0.309 e. The molecule has 1 aromatic rings. The van der Waals surface area contributed by atoms with Gasteiger partial charge in [-0.25, -0.2) is 9.97 Å². The molecule has 4 heteroatoms. The minimum atomic E-state index is 0.182. The maximum absolute atomic E-state index is 4.28. The SMILES string of the molecule is CC1CNC(C)(C)CN1Cc1ncccn1. The molecule has 1 aromatic heterocycles. The van der Waals surface area contributed by atoms with Crippen LogP contribution in [0.4, 0.5) is 0 Å². The molecule has 0 saturated carbocycles. The third kappa shape index (κ3) is 2.77. The van der Waals surface area contributed by atoms with E-state index in [1.807, 2.05) is 6.07 Å². The standard InChI is InChI=1S/C12H20N4/c1-10-7-15-12(2,3)9-16(10)8-11-13-5-4-6-14-11/h4-6,10,15H,7-9H2,1-3H3. The lowest BCUT2D eigenvalue weighted by Crippen LogP contribution is -2.60. The Bertz CT molecular complexity index is 336. The molecule has 0 aliphatic carbocycles. The average molecular weight is 220 g/mol. The molecule has 4 nitrogen and oxygen atoms in total. The summed E-state index contributed by atoms with van der Waals surface area (Å²) in [5.74, 6) is 0.909. The van der Waals surface area contributed by atoms with Crippen LogP contribution >= 0.6 is 0 Å². The van der Waals surface area contributed by atoms with Gasteiger partial charge in [-0.05, 0) is 26.8 Å². The lowest BCUT2D eigenvalue weighted by molar-refractivity contribution is 0.0952. The van der Waals surface area contributed by atoms with Crippen LogP contribution in [-0.2, 0) is 6.54 Å². The number of nitrogens with zero attached hydrogens (tertiary/aromatic N) is 3. The molecule has 0 spiro atoms. The van der Waals surface area contributed by atoms with E-state index in [2.05, 4.69) is 41.0 Å². The fraction of sp³-hybridized carbons (Fsp3) is 0.667. The highest BCUT2D eigenvalue weighted by Gasteiger charge is 2.30. The maximum atomic E-state index is 4.28. The first kappa shape index (κ1) is 11.5. The van der Waals surface area contributed by atoms with Crippen LogP contribution in [-0.4, -0.2) is 39.5 Å². The molecule has 1 aliphatic rings. The predicted octanol–water partition coefficient (Wildman–Crippen LogP) is 1.05. The Balaban J connectivity index is 2.03. The number of hydrogen-bond donors (Lipinski definition) is 1. The Morgan fingerprint density at radius 3 is 2.81 bits per heavy atom. The van der Waals surface area contributed by atoms with E-state index in [1.54, 1.807) is 12.4 Å². The third-order valence-corrected chi connectivity index (χ3v) is 3.06. The van der Waals surface area contributed by atoms with Gasteiger partial charge >= 0.3 is 0 Å². The summed E-state index contributed by atoms with van der Waals surface area (Å²) in [7, 11) is 0. The first-order valence-electron chi connectivity index (χ1n) is 5.82. The van der Waals surface area contributed by atoms with E-state index in [-0.39, 0.29) is 5.54 Å². The van der Waals surface area contributed by atoms with Crippen molar-refractivity contribution in [3.8, 4) is 0 Å². The van der Waals surface area contributed by atoms with Gasteiger partial charge in [-0.3, -0.25) is 4.90 Å². The highest BCUT2D eigenvalue weighted by molar-refractivity contribution is 4.94. The minimum absolute atomic E-state index is 0.182. The molecule has 1 N–H and O–H groups in total. The van der Waals surface area contributed by atoms with Gasteiger partial charge in [0.15, 0.2) is 0 Å². The van der Waals surface area contributed by atoms with E-state index in [0.29, 0.717) is 6.04 Å². The maximum Gasteiger partial charge on any atom is 0.142 e. The van der Waals surface area contributed by atoms with Crippen LogP contribution in [0.5, 0.6) is 0 Å². The first-order chi connectivity index (χ1) is 7.57. The van der Waals surface area contributed by atoms with Crippen molar-refractivity contribution >= 4 is 0 Å². The summed E-state index contributed by atoms with van der Waals surface area (Å²) in [6.45, 7) is 9.61. The topological polar surface area (TPSA) is 41.0 Å². The van der Waals surface area contributed by atoms with E-state index < -0.39 is 0 Å². The van der Waals surface area contributed by atoms with Crippen LogP contribution in [0.2, 0.25) is 0 Å². The summed E-state index contributed by atoms with van der Waals surface area (Å²) in [4.78, 5) is 11.0. The van der Waals surface area contributed by atoms with Crippen molar-refractivity contribution in [1.29, 1.82) is 0 Å². The van der Waals surface area contributed by atoms with Gasteiger partial charge in [-0.1, -0.05) is 0 Å². The Kier molecular flexibility index (Phi) is 3.21. The Labute approximate surface area is 97.1 Å². The van der Waals surface area contributed by atoms with Crippen LogP contribution < -0.4 is 5.32 Å². The molecule has 16 heavy (non-hydrogen) atoms.